The monoisotopic (exact) mass is 210 g/mol. The van der Waals surface area contributed by atoms with Crippen LogP contribution in [0, 0.1) is 0 Å². The molecule has 1 aliphatic heterocycles. The first-order valence-corrected chi connectivity index (χ1v) is 5.31. The lowest BCUT2D eigenvalue weighted by Crippen LogP contribution is -2.59. The maximum Gasteiger partial charge on any atom is 0.141 e. The van der Waals surface area contributed by atoms with E-state index in [0.717, 1.165) is 25.5 Å². The van der Waals surface area contributed by atoms with Crippen LogP contribution in [-0.2, 0) is 6.54 Å². The lowest BCUT2D eigenvalue weighted by Gasteiger charge is -2.43. The van der Waals surface area contributed by atoms with Crippen LogP contribution in [0.25, 0.3) is 0 Å². The molecule has 0 radical (unpaired) electrons. The van der Waals surface area contributed by atoms with E-state index in [0.29, 0.717) is 6.04 Å². The normalized spacial score (nSPS) is 20.6. The highest BCUT2D eigenvalue weighted by atomic mass is 16.3. The molecule has 1 aromatic rings. The van der Waals surface area contributed by atoms with Gasteiger partial charge in [-0.15, -0.1) is 0 Å². The second kappa shape index (κ2) is 3.57. The van der Waals surface area contributed by atoms with E-state index in [1.54, 1.807) is 6.33 Å². The topological polar surface area (TPSA) is 54.2 Å². The SMILES string of the molecule is CC(C)n1ncnc1CN1CC(C)(O)C1. The Balaban J connectivity index is 1.97. The van der Waals surface area contributed by atoms with Crippen LogP contribution in [0.15, 0.2) is 6.33 Å². The Labute approximate surface area is 89.7 Å². The molecule has 0 bridgehead atoms. The molecule has 0 amide bonds. The van der Waals surface area contributed by atoms with Crippen molar-refractivity contribution < 1.29 is 5.11 Å². The number of rotatable bonds is 3. The number of β-amino-alcohol motifs (C(OH)–C–C–N with tert-alkyl or cyclic N) is 1. The lowest BCUT2D eigenvalue weighted by molar-refractivity contribution is -0.0885. The molecule has 5 nitrogen and oxygen atoms in total. The Kier molecular flexibility index (Phi) is 2.52. The zero-order chi connectivity index (χ0) is 11.1. The molecule has 15 heavy (non-hydrogen) atoms. The van der Waals surface area contributed by atoms with Gasteiger partial charge in [0.1, 0.15) is 12.2 Å². The van der Waals surface area contributed by atoms with E-state index >= 15 is 0 Å². The van der Waals surface area contributed by atoms with E-state index in [1.165, 1.54) is 0 Å². The highest BCUT2D eigenvalue weighted by Gasteiger charge is 2.36. The number of aliphatic hydroxyl groups is 1. The molecule has 0 unspecified atom stereocenters. The third-order valence-electron chi connectivity index (χ3n) is 2.63. The average Bonchev–Trinajstić information content (AvgIpc) is 2.48. The van der Waals surface area contributed by atoms with Gasteiger partial charge in [-0.05, 0) is 20.8 Å². The quantitative estimate of drug-likeness (QED) is 0.786. The Morgan fingerprint density at radius 3 is 2.73 bits per heavy atom. The van der Waals surface area contributed by atoms with Gasteiger partial charge < -0.3 is 5.11 Å². The molecule has 1 aliphatic rings. The Morgan fingerprint density at radius 1 is 1.53 bits per heavy atom. The van der Waals surface area contributed by atoms with Gasteiger partial charge >= 0.3 is 0 Å². The van der Waals surface area contributed by atoms with Gasteiger partial charge in [0.15, 0.2) is 0 Å². The van der Waals surface area contributed by atoms with Crippen LogP contribution in [0.1, 0.15) is 32.6 Å². The van der Waals surface area contributed by atoms with Gasteiger partial charge in [-0.25, -0.2) is 9.67 Å². The van der Waals surface area contributed by atoms with Gasteiger partial charge in [0.05, 0.1) is 12.1 Å². The van der Waals surface area contributed by atoms with Crippen molar-refractivity contribution in [3.05, 3.63) is 12.2 Å². The second-order valence-corrected chi connectivity index (χ2v) is 4.86. The van der Waals surface area contributed by atoms with Crippen molar-refractivity contribution in [3.63, 3.8) is 0 Å². The number of hydrogen-bond acceptors (Lipinski definition) is 4. The number of aromatic nitrogens is 3. The summed E-state index contributed by atoms with van der Waals surface area (Å²) in [6, 6.07) is 0.337. The van der Waals surface area contributed by atoms with Gasteiger partial charge in [-0.1, -0.05) is 0 Å². The van der Waals surface area contributed by atoms with Crippen LogP contribution < -0.4 is 0 Å². The maximum absolute atomic E-state index is 9.61. The first kappa shape index (κ1) is 10.6. The van der Waals surface area contributed by atoms with Crippen molar-refractivity contribution in [1.29, 1.82) is 0 Å². The number of likely N-dealkylation sites (tertiary alicyclic amines) is 1. The van der Waals surface area contributed by atoms with E-state index in [2.05, 4.69) is 28.8 Å². The summed E-state index contributed by atoms with van der Waals surface area (Å²) in [5, 5.41) is 13.8. The van der Waals surface area contributed by atoms with Crippen molar-refractivity contribution in [2.75, 3.05) is 13.1 Å². The Bertz CT molecular complexity index is 337. The largest absolute Gasteiger partial charge is 0.388 e. The predicted molar refractivity (Wildman–Crippen MR) is 56.3 cm³/mol. The van der Waals surface area contributed by atoms with Crippen molar-refractivity contribution in [3.8, 4) is 0 Å². The minimum absolute atomic E-state index is 0.337. The molecular weight excluding hydrogens is 192 g/mol. The van der Waals surface area contributed by atoms with Crippen LogP contribution in [0.5, 0.6) is 0 Å². The Morgan fingerprint density at radius 2 is 2.20 bits per heavy atom. The summed E-state index contributed by atoms with van der Waals surface area (Å²) in [5.74, 6) is 0.973. The van der Waals surface area contributed by atoms with Crippen LogP contribution in [0.2, 0.25) is 0 Å². The summed E-state index contributed by atoms with van der Waals surface area (Å²) < 4.78 is 1.92. The van der Waals surface area contributed by atoms with Crippen LogP contribution in [0.3, 0.4) is 0 Å². The van der Waals surface area contributed by atoms with Crippen molar-refractivity contribution in [2.45, 2.75) is 39.0 Å². The molecule has 0 spiro atoms. The number of hydrogen-bond donors (Lipinski definition) is 1. The first-order chi connectivity index (χ1) is 6.98. The molecule has 1 aromatic heterocycles. The smallest absolute Gasteiger partial charge is 0.141 e. The highest BCUT2D eigenvalue weighted by Crippen LogP contribution is 2.21. The third-order valence-corrected chi connectivity index (χ3v) is 2.63. The van der Waals surface area contributed by atoms with E-state index < -0.39 is 5.60 Å². The summed E-state index contributed by atoms with van der Waals surface area (Å²) >= 11 is 0. The van der Waals surface area contributed by atoms with Gasteiger partial charge in [-0.3, -0.25) is 4.90 Å². The molecule has 2 rings (SSSR count). The van der Waals surface area contributed by atoms with Gasteiger partial charge in [-0.2, -0.15) is 5.10 Å². The van der Waals surface area contributed by atoms with E-state index in [-0.39, 0.29) is 0 Å². The van der Waals surface area contributed by atoms with Crippen LogP contribution in [-0.4, -0.2) is 43.5 Å². The van der Waals surface area contributed by atoms with Crippen molar-refractivity contribution in [2.24, 2.45) is 0 Å². The molecular formula is C10H18N4O. The van der Waals surface area contributed by atoms with Gasteiger partial charge in [0, 0.05) is 19.1 Å². The molecule has 1 fully saturated rings. The molecule has 0 saturated carbocycles. The average molecular weight is 210 g/mol. The predicted octanol–water partition coefficient (Wildman–Crippen LogP) is 0.426. The molecule has 5 heteroatoms. The standard InChI is InChI=1S/C10H18N4O/c1-8(2)14-9(11-7-12-14)4-13-5-10(3,15)6-13/h7-8,15H,4-6H2,1-3H3. The first-order valence-electron chi connectivity index (χ1n) is 5.31. The summed E-state index contributed by atoms with van der Waals surface area (Å²) in [6.45, 7) is 8.25. The molecule has 1 saturated heterocycles. The van der Waals surface area contributed by atoms with Crippen LogP contribution >= 0.6 is 0 Å². The van der Waals surface area contributed by atoms with Crippen LogP contribution in [0.4, 0.5) is 0 Å². The van der Waals surface area contributed by atoms with Gasteiger partial charge in [0.25, 0.3) is 0 Å². The molecule has 0 aromatic carbocycles. The summed E-state index contributed by atoms with van der Waals surface area (Å²) in [4.78, 5) is 6.41. The fourth-order valence-corrected chi connectivity index (χ4v) is 2.05. The zero-order valence-corrected chi connectivity index (χ0v) is 9.51. The Hall–Kier alpha value is -0.940. The molecule has 1 N–H and O–H groups in total. The zero-order valence-electron chi connectivity index (χ0n) is 9.51. The lowest BCUT2D eigenvalue weighted by atomic mass is 9.97. The summed E-state index contributed by atoms with van der Waals surface area (Å²) in [7, 11) is 0. The maximum atomic E-state index is 9.61. The fraction of sp³-hybridized carbons (Fsp3) is 0.800. The third kappa shape index (κ3) is 2.18. The van der Waals surface area contributed by atoms with Crippen molar-refractivity contribution >= 4 is 0 Å². The molecule has 84 valence electrons. The second-order valence-electron chi connectivity index (χ2n) is 4.86. The minimum atomic E-state index is -0.511. The summed E-state index contributed by atoms with van der Waals surface area (Å²) in [6.07, 6.45) is 1.59. The fourth-order valence-electron chi connectivity index (χ4n) is 2.05. The summed E-state index contributed by atoms with van der Waals surface area (Å²) in [5.41, 5.74) is -0.511. The molecule has 2 heterocycles. The van der Waals surface area contributed by atoms with Crippen molar-refractivity contribution in [1.82, 2.24) is 19.7 Å². The van der Waals surface area contributed by atoms with Gasteiger partial charge in [0.2, 0.25) is 0 Å². The molecule has 0 aliphatic carbocycles. The minimum Gasteiger partial charge on any atom is -0.388 e. The number of nitrogens with zero attached hydrogens (tertiary/aromatic N) is 4. The highest BCUT2D eigenvalue weighted by molar-refractivity contribution is 4.96. The van der Waals surface area contributed by atoms with E-state index in [1.807, 2.05) is 11.6 Å². The van der Waals surface area contributed by atoms with E-state index in [4.69, 9.17) is 0 Å². The van der Waals surface area contributed by atoms with E-state index in [9.17, 15) is 5.11 Å². The molecule has 0 atom stereocenters.